The van der Waals surface area contributed by atoms with Crippen LogP contribution in [0.1, 0.15) is 44.2 Å². The highest BCUT2D eigenvalue weighted by molar-refractivity contribution is 7.89. The number of sulfonamides is 1. The summed E-state index contributed by atoms with van der Waals surface area (Å²) in [6.45, 7) is 2.22. The molecule has 1 saturated carbocycles. The molecule has 22 heavy (non-hydrogen) atoms. The molecule has 0 saturated heterocycles. The summed E-state index contributed by atoms with van der Waals surface area (Å²) in [6.07, 6.45) is 3.71. The quantitative estimate of drug-likeness (QED) is 0.750. The largest absolute Gasteiger partial charge is 0.349 e. The third-order valence-electron chi connectivity index (χ3n) is 4.49. The highest BCUT2D eigenvalue weighted by Crippen LogP contribution is 2.37. The van der Waals surface area contributed by atoms with Crippen LogP contribution in [0.5, 0.6) is 0 Å². The van der Waals surface area contributed by atoms with Crippen LogP contribution in [0.4, 0.5) is 0 Å². The molecule has 1 amide bonds. The summed E-state index contributed by atoms with van der Waals surface area (Å²) in [7, 11) is -3.70. The van der Waals surface area contributed by atoms with Crippen LogP contribution in [0, 0.1) is 5.41 Å². The Bertz CT molecular complexity index is 635. The normalized spacial score (nSPS) is 18.9. The van der Waals surface area contributed by atoms with Gasteiger partial charge in [-0.15, -0.1) is 0 Å². The van der Waals surface area contributed by atoms with Gasteiger partial charge < -0.3 is 11.1 Å². The summed E-state index contributed by atoms with van der Waals surface area (Å²) < 4.78 is 22.5. The number of carbonyl (C=O) groups excluding carboxylic acids is 1. The molecule has 1 atom stereocenters. The van der Waals surface area contributed by atoms with Crippen LogP contribution in [-0.2, 0) is 14.8 Å². The van der Waals surface area contributed by atoms with E-state index in [1.165, 1.54) is 12.1 Å². The molecule has 1 aliphatic rings. The molecule has 1 fully saturated rings. The summed E-state index contributed by atoms with van der Waals surface area (Å²) >= 11 is 0. The zero-order valence-electron chi connectivity index (χ0n) is 12.7. The van der Waals surface area contributed by atoms with Crippen LogP contribution in [0.2, 0.25) is 0 Å². The second-order valence-corrected chi connectivity index (χ2v) is 7.56. The lowest BCUT2D eigenvalue weighted by Gasteiger charge is -2.28. The van der Waals surface area contributed by atoms with Gasteiger partial charge in [0.25, 0.3) is 0 Å². The monoisotopic (exact) mass is 325 g/mol. The van der Waals surface area contributed by atoms with E-state index in [0.29, 0.717) is 6.54 Å². The zero-order valence-corrected chi connectivity index (χ0v) is 13.5. The van der Waals surface area contributed by atoms with E-state index in [0.717, 1.165) is 31.2 Å². The molecular formula is C15H23N3O3S. The molecule has 0 bridgehead atoms. The van der Waals surface area contributed by atoms with Gasteiger partial charge >= 0.3 is 0 Å². The van der Waals surface area contributed by atoms with Crippen molar-refractivity contribution in [2.24, 2.45) is 16.3 Å². The standard InChI is InChI=1S/C15H23N3O3S/c1-11(12-4-6-13(7-5-12)22(17,20)21)18-14(19)15(10-16)8-2-3-9-15/h4-7,11H,2-3,8-10,16H2,1H3,(H,18,19)(H2,17,20,21). The highest BCUT2D eigenvalue weighted by atomic mass is 32.2. The summed E-state index contributed by atoms with van der Waals surface area (Å²) in [5.74, 6) is -0.0180. The van der Waals surface area contributed by atoms with Crippen molar-refractivity contribution in [3.05, 3.63) is 29.8 Å². The Morgan fingerprint density at radius 1 is 1.27 bits per heavy atom. The lowest BCUT2D eigenvalue weighted by atomic mass is 9.85. The van der Waals surface area contributed by atoms with Crippen LogP contribution in [0.3, 0.4) is 0 Å². The fourth-order valence-corrected chi connectivity index (χ4v) is 3.47. The van der Waals surface area contributed by atoms with Gasteiger partial charge in [-0.3, -0.25) is 4.79 Å². The predicted octanol–water partition coefficient (Wildman–Crippen LogP) is 1.03. The van der Waals surface area contributed by atoms with Crippen molar-refractivity contribution in [3.8, 4) is 0 Å². The average molecular weight is 325 g/mol. The van der Waals surface area contributed by atoms with Crippen molar-refractivity contribution < 1.29 is 13.2 Å². The Kier molecular flexibility index (Phi) is 4.89. The van der Waals surface area contributed by atoms with E-state index in [1.54, 1.807) is 12.1 Å². The van der Waals surface area contributed by atoms with E-state index in [4.69, 9.17) is 10.9 Å². The van der Waals surface area contributed by atoms with Crippen molar-refractivity contribution >= 4 is 15.9 Å². The van der Waals surface area contributed by atoms with Gasteiger partial charge in [0, 0.05) is 6.54 Å². The first-order valence-corrected chi connectivity index (χ1v) is 8.97. The number of nitrogens with one attached hydrogen (secondary N) is 1. The number of benzene rings is 1. The number of hydrogen-bond acceptors (Lipinski definition) is 4. The SMILES string of the molecule is CC(NC(=O)C1(CN)CCCC1)c1ccc(S(N)(=O)=O)cc1. The number of amides is 1. The third kappa shape index (κ3) is 3.48. The number of carbonyl (C=O) groups is 1. The molecule has 1 aliphatic carbocycles. The van der Waals surface area contributed by atoms with Crippen LogP contribution in [-0.4, -0.2) is 20.9 Å². The molecule has 2 rings (SSSR count). The number of nitrogens with two attached hydrogens (primary N) is 2. The van der Waals surface area contributed by atoms with Crippen molar-refractivity contribution in [3.63, 3.8) is 0 Å². The van der Waals surface area contributed by atoms with Gasteiger partial charge in [0.2, 0.25) is 15.9 Å². The van der Waals surface area contributed by atoms with Gasteiger partial charge in [0.05, 0.1) is 16.4 Å². The molecule has 0 aromatic heterocycles. The van der Waals surface area contributed by atoms with Crippen molar-refractivity contribution in [2.45, 2.75) is 43.5 Å². The Balaban J connectivity index is 2.09. The topological polar surface area (TPSA) is 115 Å². The molecule has 0 spiro atoms. The van der Waals surface area contributed by atoms with Crippen molar-refractivity contribution in [1.82, 2.24) is 5.32 Å². The fourth-order valence-electron chi connectivity index (χ4n) is 2.95. The molecule has 0 radical (unpaired) electrons. The minimum absolute atomic E-state index is 0.0180. The lowest BCUT2D eigenvalue weighted by Crippen LogP contribution is -2.44. The molecular weight excluding hydrogens is 302 g/mol. The third-order valence-corrected chi connectivity index (χ3v) is 5.42. The molecule has 1 aromatic carbocycles. The summed E-state index contributed by atoms with van der Waals surface area (Å²) in [4.78, 5) is 12.6. The van der Waals surface area contributed by atoms with E-state index in [9.17, 15) is 13.2 Å². The fraction of sp³-hybridized carbons (Fsp3) is 0.533. The summed E-state index contributed by atoms with van der Waals surface area (Å²) in [6, 6.07) is 6.00. The molecule has 0 aliphatic heterocycles. The number of hydrogen-bond donors (Lipinski definition) is 3. The maximum atomic E-state index is 12.5. The van der Waals surface area contributed by atoms with Crippen LogP contribution >= 0.6 is 0 Å². The smallest absolute Gasteiger partial charge is 0.238 e. The maximum absolute atomic E-state index is 12.5. The van der Waals surface area contributed by atoms with Gasteiger partial charge in [0.1, 0.15) is 0 Å². The summed E-state index contributed by atoms with van der Waals surface area (Å²) in [5, 5.41) is 8.06. The highest BCUT2D eigenvalue weighted by Gasteiger charge is 2.40. The molecule has 5 N–H and O–H groups in total. The maximum Gasteiger partial charge on any atom is 0.238 e. The molecule has 122 valence electrons. The van der Waals surface area contributed by atoms with Crippen LogP contribution < -0.4 is 16.2 Å². The van der Waals surface area contributed by atoms with Gasteiger partial charge in [0.15, 0.2) is 0 Å². The molecule has 1 aromatic rings. The van der Waals surface area contributed by atoms with Crippen LogP contribution in [0.25, 0.3) is 0 Å². The minimum Gasteiger partial charge on any atom is -0.349 e. The number of primary sulfonamides is 1. The van der Waals surface area contributed by atoms with E-state index >= 15 is 0 Å². The summed E-state index contributed by atoms with van der Waals surface area (Å²) in [5.41, 5.74) is 6.19. The van der Waals surface area contributed by atoms with Gasteiger partial charge in [-0.1, -0.05) is 25.0 Å². The molecule has 0 heterocycles. The molecule has 6 nitrogen and oxygen atoms in total. The van der Waals surface area contributed by atoms with E-state index < -0.39 is 15.4 Å². The van der Waals surface area contributed by atoms with E-state index in [-0.39, 0.29) is 16.8 Å². The van der Waals surface area contributed by atoms with Crippen LogP contribution in [0.15, 0.2) is 29.2 Å². The van der Waals surface area contributed by atoms with Gasteiger partial charge in [-0.25, -0.2) is 13.6 Å². The minimum atomic E-state index is -3.70. The Morgan fingerprint density at radius 2 is 1.82 bits per heavy atom. The molecule has 1 unspecified atom stereocenters. The first-order valence-electron chi connectivity index (χ1n) is 7.42. The van der Waals surface area contributed by atoms with Gasteiger partial charge in [-0.2, -0.15) is 0 Å². The van der Waals surface area contributed by atoms with E-state index in [2.05, 4.69) is 5.32 Å². The van der Waals surface area contributed by atoms with E-state index in [1.807, 2.05) is 6.92 Å². The first-order chi connectivity index (χ1) is 10.3. The Morgan fingerprint density at radius 3 is 2.27 bits per heavy atom. The predicted molar refractivity (Wildman–Crippen MR) is 84.3 cm³/mol. The Labute approximate surface area is 131 Å². The second-order valence-electron chi connectivity index (χ2n) is 6.00. The lowest BCUT2D eigenvalue weighted by molar-refractivity contribution is -0.131. The van der Waals surface area contributed by atoms with Crippen molar-refractivity contribution in [1.29, 1.82) is 0 Å². The zero-order chi connectivity index (χ0) is 16.4. The second kappa shape index (κ2) is 6.36. The molecule has 7 heteroatoms. The average Bonchev–Trinajstić information content (AvgIpc) is 2.96. The first kappa shape index (κ1) is 16.9. The van der Waals surface area contributed by atoms with Crippen molar-refractivity contribution in [2.75, 3.05) is 6.54 Å². The Hall–Kier alpha value is -1.44. The van der Waals surface area contributed by atoms with Gasteiger partial charge in [-0.05, 0) is 37.5 Å². The number of rotatable bonds is 5.